The summed E-state index contributed by atoms with van der Waals surface area (Å²) >= 11 is 1.60. The molecule has 1 aliphatic heterocycles. The minimum atomic E-state index is 0.161. The summed E-state index contributed by atoms with van der Waals surface area (Å²) in [5.41, 5.74) is 4.60. The first kappa shape index (κ1) is 15.1. The van der Waals surface area contributed by atoms with E-state index < -0.39 is 0 Å². The van der Waals surface area contributed by atoms with E-state index in [2.05, 4.69) is 23.2 Å². The van der Waals surface area contributed by atoms with Crippen molar-refractivity contribution in [1.29, 1.82) is 0 Å². The van der Waals surface area contributed by atoms with E-state index >= 15 is 0 Å². The molecule has 0 bridgehead atoms. The Balaban J connectivity index is 1.45. The fourth-order valence-corrected chi connectivity index (χ4v) is 3.90. The lowest BCUT2D eigenvalue weighted by molar-refractivity contribution is -0.131. The molecule has 4 rings (SSSR count). The van der Waals surface area contributed by atoms with E-state index in [1.807, 2.05) is 46.7 Å². The Morgan fingerprint density at radius 3 is 2.62 bits per heavy atom. The van der Waals surface area contributed by atoms with Crippen molar-refractivity contribution in [2.75, 3.05) is 6.54 Å². The van der Waals surface area contributed by atoms with Gasteiger partial charge in [-0.1, -0.05) is 54.6 Å². The zero-order chi connectivity index (χ0) is 16.4. The standard InChI is InChI=1S/C20H18N2OS/c23-19(22-11-10-15-6-4-5-9-17(15)13-22)12-18-14-24-20(21-18)16-7-2-1-3-8-16/h1-9,14H,10-13H2. The van der Waals surface area contributed by atoms with E-state index in [1.165, 1.54) is 11.1 Å². The highest BCUT2D eigenvalue weighted by molar-refractivity contribution is 7.13. The molecule has 0 saturated heterocycles. The average Bonchev–Trinajstić information content (AvgIpc) is 3.10. The molecular weight excluding hydrogens is 316 g/mol. The smallest absolute Gasteiger partial charge is 0.228 e. The Hall–Kier alpha value is -2.46. The van der Waals surface area contributed by atoms with Crippen molar-refractivity contribution in [1.82, 2.24) is 9.88 Å². The minimum Gasteiger partial charge on any atom is -0.338 e. The van der Waals surface area contributed by atoms with Crippen molar-refractivity contribution in [2.24, 2.45) is 0 Å². The number of hydrogen-bond acceptors (Lipinski definition) is 3. The van der Waals surface area contributed by atoms with Crippen LogP contribution in [0.25, 0.3) is 10.6 Å². The summed E-state index contributed by atoms with van der Waals surface area (Å²) in [7, 11) is 0. The predicted molar refractivity (Wildman–Crippen MR) is 96.8 cm³/mol. The monoisotopic (exact) mass is 334 g/mol. The molecule has 0 saturated carbocycles. The van der Waals surface area contributed by atoms with E-state index in [0.717, 1.165) is 29.2 Å². The fraction of sp³-hybridized carbons (Fsp3) is 0.200. The predicted octanol–water partition coefficient (Wildman–Crippen LogP) is 3.94. The summed E-state index contributed by atoms with van der Waals surface area (Å²) in [6.07, 6.45) is 1.32. The van der Waals surface area contributed by atoms with Gasteiger partial charge in [0.1, 0.15) is 5.01 Å². The molecule has 120 valence electrons. The molecule has 0 unspecified atom stereocenters. The van der Waals surface area contributed by atoms with Crippen LogP contribution in [0, 0.1) is 0 Å². The van der Waals surface area contributed by atoms with Crippen molar-refractivity contribution in [3.63, 3.8) is 0 Å². The van der Waals surface area contributed by atoms with E-state index in [4.69, 9.17) is 0 Å². The summed E-state index contributed by atoms with van der Waals surface area (Å²) in [5, 5.41) is 2.97. The van der Waals surface area contributed by atoms with Gasteiger partial charge in [0.15, 0.2) is 0 Å². The number of hydrogen-bond donors (Lipinski definition) is 0. The largest absolute Gasteiger partial charge is 0.338 e. The zero-order valence-electron chi connectivity index (χ0n) is 13.3. The minimum absolute atomic E-state index is 0.161. The second kappa shape index (κ2) is 6.57. The van der Waals surface area contributed by atoms with Crippen LogP contribution in [-0.2, 0) is 24.2 Å². The Kier molecular flexibility index (Phi) is 4.13. The third kappa shape index (κ3) is 3.10. The molecule has 3 nitrogen and oxygen atoms in total. The van der Waals surface area contributed by atoms with Gasteiger partial charge in [-0.3, -0.25) is 4.79 Å². The third-order valence-corrected chi connectivity index (χ3v) is 5.33. The van der Waals surface area contributed by atoms with Crippen molar-refractivity contribution in [2.45, 2.75) is 19.4 Å². The van der Waals surface area contributed by atoms with Crippen molar-refractivity contribution < 1.29 is 4.79 Å². The summed E-state index contributed by atoms with van der Waals surface area (Å²) in [4.78, 5) is 19.2. The van der Waals surface area contributed by atoms with Gasteiger partial charge in [0.2, 0.25) is 5.91 Å². The van der Waals surface area contributed by atoms with Crippen LogP contribution in [-0.4, -0.2) is 22.3 Å². The van der Waals surface area contributed by atoms with E-state index in [9.17, 15) is 4.79 Å². The van der Waals surface area contributed by atoms with Crippen molar-refractivity contribution >= 4 is 17.2 Å². The van der Waals surface area contributed by atoms with Gasteiger partial charge in [0.05, 0.1) is 12.1 Å². The maximum Gasteiger partial charge on any atom is 0.228 e. The number of nitrogens with zero attached hydrogens (tertiary/aromatic N) is 2. The van der Waals surface area contributed by atoms with E-state index in [1.54, 1.807) is 11.3 Å². The number of aromatic nitrogens is 1. The third-order valence-electron chi connectivity index (χ3n) is 4.39. The molecule has 1 amide bonds. The first-order chi connectivity index (χ1) is 11.8. The van der Waals surface area contributed by atoms with Crippen LogP contribution in [0.4, 0.5) is 0 Å². The number of carbonyl (C=O) groups is 1. The Labute approximate surface area is 145 Å². The topological polar surface area (TPSA) is 33.2 Å². The number of benzene rings is 2. The van der Waals surface area contributed by atoms with Gasteiger partial charge in [-0.2, -0.15) is 0 Å². The second-order valence-corrected chi connectivity index (χ2v) is 6.88. The molecule has 4 heteroatoms. The second-order valence-electron chi connectivity index (χ2n) is 6.02. The molecule has 2 heterocycles. The van der Waals surface area contributed by atoms with Crippen LogP contribution >= 0.6 is 11.3 Å². The Bertz CT molecular complexity index is 857. The van der Waals surface area contributed by atoms with Crippen LogP contribution in [0.1, 0.15) is 16.8 Å². The highest BCUT2D eigenvalue weighted by Crippen LogP contribution is 2.24. The molecule has 3 aromatic rings. The summed E-state index contributed by atoms with van der Waals surface area (Å²) in [6, 6.07) is 18.5. The summed E-state index contributed by atoms with van der Waals surface area (Å²) in [5.74, 6) is 0.161. The SMILES string of the molecule is O=C(Cc1csc(-c2ccccc2)n1)N1CCc2ccccc2C1. The highest BCUT2D eigenvalue weighted by Gasteiger charge is 2.21. The zero-order valence-corrected chi connectivity index (χ0v) is 14.1. The lowest BCUT2D eigenvalue weighted by Gasteiger charge is -2.28. The molecule has 24 heavy (non-hydrogen) atoms. The molecule has 1 aromatic heterocycles. The van der Waals surface area contributed by atoms with Crippen LogP contribution in [0.3, 0.4) is 0 Å². The highest BCUT2D eigenvalue weighted by atomic mass is 32.1. The van der Waals surface area contributed by atoms with Crippen LogP contribution in [0.5, 0.6) is 0 Å². The molecule has 0 aliphatic carbocycles. The van der Waals surface area contributed by atoms with Gasteiger partial charge in [-0.25, -0.2) is 4.98 Å². The van der Waals surface area contributed by atoms with Gasteiger partial charge in [0.25, 0.3) is 0 Å². The maximum atomic E-state index is 12.6. The van der Waals surface area contributed by atoms with E-state index in [0.29, 0.717) is 13.0 Å². The number of rotatable bonds is 3. The number of fused-ring (bicyclic) bond motifs is 1. The molecule has 0 N–H and O–H groups in total. The first-order valence-electron chi connectivity index (χ1n) is 8.14. The normalized spacial score (nSPS) is 13.6. The van der Waals surface area contributed by atoms with Gasteiger partial charge < -0.3 is 4.90 Å². The van der Waals surface area contributed by atoms with Crippen LogP contribution < -0.4 is 0 Å². The fourth-order valence-electron chi connectivity index (χ4n) is 3.08. The number of amides is 1. The van der Waals surface area contributed by atoms with Gasteiger partial charge in [-0.15, -0.1) is 11.3 Å². The summed E-state index contributed by atoms with van der Waals surface area (Å²) in [6.45, 7) is 1.51. The van der Waals surface area contributed by atoms with Gasteiger partial charge >= 0.3 is 0 Å². The molecular formula is C20H18N2OS. The van der Waals surface area contributed by atoms with Crippen LogP contribution in [0.2, 0.25) is 0 Å². The maximum absolute atomic E-state index is 12.6. The van der Waals surface area contributed by atoms with E-state index in [-0.39, 0.29) is 5.91 Å². The van der Waals surface area contributed by atoms with Gasteiger partial charge in [-0.05, 0) is 17.5 Å². The van der Waals surface area contributed by atoms with Gasteiger partial charge in [0, 0.05) is 24.0 Å². The lowest BCUT2D eigenvalue weighted by atomic mass is 10.00. The average molecular weight is 334 g/mol. The first-order valence-corrected chi connectivity index (χ1v) is 9.02. The number of carbonyl (C=O) groups excluding carboxylic acids is 1. The summed E-state index contributed by atoms with van der Waals surface area (Å²) < 4.78 is 0. The molecule has 0 radical (unpaired) electrons. The molecule has 1 aliphatic rings. The molecule has 0 atom stereocenters. The van der Waals surface area contributed by atoms with Crippen molar-refractivity contribution in [3.8, 4) is 10.6 Å². The lowest BCUT2D eigenvalue weighted by Crippen LogP contribution is -2.36. The molecule has 2 aromatic carbocycles. The van der Waals surface area contributed by atoms with Crippen LogP contribution in [0.15, 0.2) is 60.0 Å². The van der Waals surface area contributed by atoms with Crippen molar-refractivity contribution in [3.05, 3.63) is 76.8 Å². The Morgan fingerprint density at radius 1 is 1.04 bits per heavy atom. The number of thiazole rings is 1. The Morgan fingerprint density at radius 2 is 1.79 bits per heavy atom. The quantitative estimate of drug-likeness (QED) is 0.727. The molecule has 0 spiro atoms. The molecule has 0 fully saturated rings.